The smallest absolute Gasteiger partial charge is 0.547 e. The first kappa shape index (κ1) is 18.9. The molecule has 2 heterocycles. The third-order valence-electron chi connectivity index (χ3n) is 3.72. The summed E-state index contributed by atoms with van der Waals surface area (Å²) in [5.41, 5.74) is 1.38. The maximum absolute atomic E-state index is 12.6. The van der Waals surface area contributed by atoms with E-state index >= 15 is 0 Å². The van der Waals surface area contributed by atoms with E-state index in [0.717, 1.165) is 10.0 Å². The monoisotopic (exact) mass is 398 g/mol. The molecule has 6 nitrogen and oxygen atoms in total. The number of ether oxygens (including phenoxy) is 1. The number of halogens is 1. The number of amides is 1. The molecular formula is C16H12BrN2NaO4. The van der Waals surface area contributed by atoms with E-state index in [4.69, 9.17) is 4.74 Å². The van der Waals surface area contributed by atoms with Gasteiger partial charge < -0.3 is 19.5 Å². The molecule has 1 aliphatic rings. The van der Waals surface area contributed by atoms with Crippen molar-refractivity contribution in [1.82, 2.24) is 9.88 Å². The molecule has 0 radical (unpaired) electrons. The summed E-state index contributed by atoms with van der Waals surface area (Å²) >= 11 is 3.31. The van der Waals surface area contributed by atoms with Crippen LogP contribution in [-0.2, 0) is 11.3 Å². The van der Waals surface area contributed by atoms with Gasteiger partial charge in [-0.05, 0) is 29.8 Å². The van der Waals surface area contributed by atoms with Crippen LogP contribution in [-0.4, -0.2) is 28.9 Å². The summed E-state index contributed by atoms with van der Waals surface area (Å²) in [5.74, 6) is -1.47. The molecule has 1 amide bonds. The summed E-state index contributed by atoms with van der Waals surface area (Å²) in [6.45, 7) is 0.180. The SMILES string of the molecule is COc1cccnc1[C@H](C(=O)[O-])N1Cc2ccc(Br)cc2C1=O.[Na+]. The predicted molar refractivity (Wildman–Crippen MR) is 82.6 cm³/mol. The average molecular weight is 399 g/mol. The molecule has 0 bridgehead atoms. The van der Waals surface area contributed by atoms with Gasteiger partial charge in [0.05, 0.1) is 13.1 Å². The average Bonchev–Trinajstić information content (AvgIpc) is 2.84. The molecule has 1 atom stereocenters. The molecule has 0 saturated heterocycles. The molecule has 3 rings (SSSR count). The minimum Gasteiger partial charge on any atom is -0.547 e. The molecule has 118 valence electrons. The Bertz CT molecular complexity index is 799. The molecule has 0 spiro atoms. The Hall–Kier alpha value is -1.41. The molecule has 0 N–H and O–H groups in total. The minimum absolute atomic E-state index is 0. The van der Waals surface area contributed by atoms with Crippen molar-refractivity contribution in [3.05, 3.63) is 57.8 Å². The largest absolute Gasteiger partial charge is 1.00 e. The van der Waals surface area contributed by atoms with Gasteiger partial charge in [-0.1, -0.05) is 22.0 Å². The fourth-order valence-corrected chi connectivity index (χ4v) is 3.03. The third kappa shape index (κ3) is 3.35. The molecule has 1 aliphatic heterocycles. The van der Waals surface area contributed by atoms with Crippen molar-refractivity contribution in [1.29, 1.82) is 0 Å². The first-order chi connectivity index (χ1) is 11.0. The Labute approximate surface area is 169 Å². The van der Waals surface area contributed by atoms with Crippen molar-refractivity contribution in [3.8, 4) is 5.75 Å². The molecular weight excluding hydrogens is 387 g/mol. The van der Waals surface area contributed by atoms with Gasteiger partial charge in [0.2, 0.25) is 0 Å². The van der Waals surface area contributed by atoms with Crippen LogP contribution in [0.3, 0.4) is 0 Å². The van der Waals surface area contributed by atoms with Crippen molar-refractivity contribution < 1.29 is 49.0 Å². The first-order valence-electron chi connectivity index (χ1n) is 6.82. The van der Waals surface area contributed by atoms with Crippen LogP contribution in [0, 0.1) is 0 Å². The van der Waals surface area contributed by atoms with E-state index in [-0.39, 0.29) is 47.7 Å². The van der Waals surface area contributed by atoms with Gasteiger partial charge in [0.15, 0.2) is 0 Å². The van der Waals surface area contributed by atoms with Gasteiger partial charge in [-0.2, -0.15) is 0 Å². The van der Waals surface area contributed by atoms with E-state index in [0.29, 0.717) is 11.3 Å². The van der Waals surface area contributed by atoms with Gasteiger partial charge in [0, 0.05) is 22.8 Å². The van der Waals surface area contributed by atoms with E-state index in [1.165, 1.54) is 18.2 Å². The van der Waals surface area contributed by atoms with Crippen molar-refractivity contribution in [2.75, 3.05) is 7.11 Å². The predicted octanol–water partition coefficient (Wildman–Crippen LogP) is -1.70. The summed E-state index contributed by atoms with van der Waals surface area (Å²) in [6.07, 6.45) is 1.46. The fraction of sp³-hybridized carbons (Fsp3) is 0.188. The van der Waals surface area contributed by atoms with Crippen LogP contribution in [0.15, 0.2) is 41.0 Å². The summed E-state index contributed by atoms with van der Waals surface area (Å²) in [7, 11) is 1.42. The molecule has 0 unspecified atom stereocenters. The number of nitrogens with zero attached hydrogens (tertiary/aromatic N) is 2. The Kier molecular flexibility index (Phi) is 6.03. The Morgan fingerprint density at radius 2 is 2.17 bits per heavy atom. The number of benzene rings is 1. The number of aromatic nitrogens is 1. The van der Waals surface area contributed by atoms with Crippen LogP contribution in [0.4, 0.5) is 0 Å². The Morgan fingerprint density at radius 1 is 1.42 bits per heavy atom. The molecule has 0 saturated carbocycles. The van der Waals surface area contributed by atoms with E-state index < -0.39 is 12.0 Å². The third-order valence-corrected chi connectivity index (χ3v) is 4.21. The van der Waals surface area contributed by atoms with Crippen molar-refractivity contribution in [2.45, 2.75) is 12.6 Å². The van der Waals surface area contributed by atoms with E-state index in [1.54, 1.807) is 24.3 Å². The zero-order valence-corrected chi connectivity index (χ0v) is 16.7. The van der Waals surface area contributed by atoms with Crippen LogP contribution in [0.1, 0.15) is 27.7 Å². The van der Waals surface area contributed by atoms with E-state index in [2.05, 4.69) is 20.9 Å². The summed E-state index contributed by atoms with van der Waals surface area (Å²) in [4.78, 5) is 29.6. The first-order valence-corrected chi connectivity index (χ1v) is 7.61. The maximum atomic E-state index is 12.6. The number of aliphatic carboxylic acids is 1. The Morgan fingerprint density at radius 3 is 2.83 bits per heavy atom. The molecule has 2 aromatic rings. The second-order valence-corrected chi connectivity index (χ2v) is 5.96. The number of carboxylic acids is 1. The summed E-state index contributed by atoms with van der Waals surface area (Å²) in [5, 5.41) is 11.7. The number of fused-ring (bicyclic) bond motifs is 1. The van der Waals surface area contributed by atoms with E-state index in [1.807, 2.05) is 6.07 Å². The fourth-order valence-electron chi connectivity index (χ4n) is 2.67. The van der Waals surface area contributed by atoms with Crippen molar-refractivity contribution in [3.63, 3.8) is 0 Å². The zero-order chi connectivity index (χ0) is 16.6. The second kappa shape index (κ2) is 7.65. The number of carboxylic acid groups (broad SMARTS) is 1. The van der Waals surface area contributed by atoms with Gasteiger partial charge in [0.25, 0.3) is 5.91 Å². The van der Waals surface area contributed by atoms with Gasteiger partial charge in [-0.15, -0.1) is 0 Å². The molecule has 8 heteroatoms. The van der Waals surface area contributed by atoms with Gasteiger partial charge in [0.1, 0.15) is 17.5 Å². The molecule has 1 aromatic heterocycles. The van der Waals surface area contributed by atoms with Crippen LogP contribution in [0.25, 0.3) is 0 Å². The number of hydrogen-bond donors (Lipinski definition) is 0. The quantitative estimate of drug-likeness (QED) is 0.573. The number of pyridine rings is 1. The van der Waals surface area contributed by atoms with Crippen molar-refractivity contribution in [2.24, 2.45) is 0 Å². The summed E-state index contributed by atoms with van der Waals surface area (Å²) < 4.78 is 5.92. The summed E-state index contributed by atoms with van der Waals surface area (Å²) in [6, 6.07) is 7.20. The van der Waals surface area contributed by atoms with Gasteiger partial charge in [-0.3, -0.25) is 9.78 Å². The van der Waals surface area contributed by atoms with Crippen LogP contribution in [0.5, 0.6) is 5.75 Å². The molecule has 0 aliphatic carbocycles. The topological polar surface area (TPSA) is 82.6 Å². The van der Waals surface area contributed by atoms with Crippen LogP contribution >= 0.6 is 15.9 Å². The normalized spacial score (nSPS) is 13.9. The van der Waals surface area contributed by atoms with Crippen molar-refractivity contribution >= 4 is 27.8 Å². The van der Waals surface area contributed by atoms with Gasteiger partial charge in [-0.25, -0.2) is 0 Å². The van der Waals surface area contributed by atoms with Gasteiger partial charge >= 0.3 is 29.6 Å². The molecule has 1 aromatic carbocycles. The standard InChI is InChI=1S/C16H13BrN2O4.Na/c1-23-12-3-2-6-18-13(12)14(16(21)22)19-8-9-4-5-10(17)7-11(9)15(19)20;/h2-7,14H,8H2,1H3,(H,21,22);/q;+1/p-1/t14-;/m1./s1. The van der Waals surface area contributed by atoms with Crippen LogP contribution < -0.4 is 39.4 Å². The number of rotatable bonds is 4. The zero-order valence-electron chi connectivity index (χ0n) is 13.2. The second-order valence-electron chi connectivity index (χ2n) is 5.05. The number of carbonyl (C=O) groups excluding carboxylic acids is 2. The number of methoxy groups -OCH3 is 1. The molecule has 24 heavy (non-hydrogen) atoms. The maximum Gasteiger partial charge on any atom is 1.00 e. The Balaban J connectivity index is 0.00000208. The minimum atomic E-state index is -1.40. The molecule has 0 fully saturated rings. The number of carbonyl (C=O) groups is 2. The number of hydrogen-bond acceptors (Lipinski definition) is 5. The van der Waals surface area contributed by atoms with Crippen LogP contribution in [0.2, 0.25) is 0 Å². The van der Waals surface area contributed by atoms with E-state index in [9.17, 15) is 14.7 Å².